The van der Waals surface area contributed by atoms with Crippen molar-refractivity contribution in [1.82, 2.24) is 19.7 Å². The average molecular weight is 279 g/mol. The molecule has 106 valence electrons. The highest BCUT2D eigenvalue weighted by atomic mass is 15.3. The van der Waals surface area contributed by atoms with E-state index < -0.39 is 0 Å². The van der Waals surface area contributed by atoms with E-state index in [1.54, 1.807) is 4.68 Å². The summed E-state index contributed by atoms with van der Waals surface area (Å²) in [5.74, 6) is 0.898. The highest BCUT2D eigenvalue weighted by Gasteiger charge is 2.25. The molecule has 0 fully saturated rings. The molecule has 5 heteroatoms. The van der Waals surface area contributed by atoms with Gasteiger partial charge in [0.2, 0.25) is 0 Å². The molecule has 1 aromatic carbocycles. The van der Waals surface area contributed by atoms with Gasteiger partial charge in [0.25, 0.3) is 0 Å². The SMILES string of the molecule is Cn1nc(C2CCc3ccccc3C2)c2ncnc(N)c21. The van der Waals surface area contributed by atoms with Crippen molar-refractivity contribution in [3.63, 3.8) is 0 Å². The molecule has 0 spiro atoms. The van der Waals surface area contributed by atoms with Crippen molar-refractivity contribution in [2.75, 3.05) is 5.73 Å². The summed E-state index contributed by atoms with van der Waals surface area (Å²) in [5.41, 5.74) is 11.6. The van der Waals surface area contributed by atoms with Crippen molar-refractivity contribution in [1.29, 1.82) is 0 Å². The largest absolute Gasteiger partial charge is 0.382 e. The average Bonchev–Trinajstić information content (AvgIpc) is 2.85. The first-order valence-corrected chi connectivity index (χ1v) is 7.24. The number of anilines is 1. The summed E-state index contributed by atoms with van der Waals surface area (Å²) in [7, 11) is 1.91. The maximum absolute atomic E-state index is 5.96. The smallest absolute Gasteiger partial charge is 0.153 e. The van der Waals surface area contributed by atoms with E-state index >= 15 is 0 Å². The number of nitrogens with zero attached hydrogens (tertiary/aromatic N) is 4. The van der Waals surface area contributed by atoms with Crippen molar-refractivity contribution in [3.05, 3.63) is 47.4 Å². The Hall–Kier alpha value is -2.43. The first-order valence-electron chi connectivity index (χ1n) is 7.24. The number of hydrogen-bond acceptors (Lipinski definition) is 4. The second kappa shape index (κ2) is 4.55. The van der Waals surface area contributed by atoms with Crippen LogP contribution in [0, 0.1) is 0 Å². The Morgan fingerprint density at radius 1 is 1.19 bits per heavy atom. The zero-order chi connectivity index (χ0) is 14.4. The van der Waals surface area contributed by atoms with Gasteiger partial charge >= 0.3 is 0 Å². The Labute approximate surface area is 122 Å². The van der Waals surface area contributed by atoms with E-state index in [0.29, 0.717) is 11.7 Å². The molecule has 21 heavy (non-hydrogen) atoms. The van der Waals surface area contributed by atoms with Crippen molar-refractivity contribution in [2.45, 2.75) is 25.2 Å². The minimum Gasteiger partial charge on any atom is -0.382 e. The number of nitrogen functional groups attached to an aromatic ring is 1. The normalized spacial score (nSPS) is 17.9. The van der Waals surface area contributed by atoms with Gasteiger partial charge in [-0.3, -0.25) is 4.68 Å². The van der Waals surface area contributed by atoms with Gasteiger partial charge in [0.1, 0.15) is 17.4 Å². The van der Waals surface area contributed by atoms with Crippen LogP contribution in [-0.2, 0) is 19.9 Å². The predicted octanol–water partition coefficient (Wildman–Crippen LogP) is 2.22. The van der Waals surface area contributed by atoms with Gasteiger partial charge in [0.05, 0.1) is 5.69 Å². The van der Waals surface area contributed by atoms with Gasteiger partial charge in [0, 0.05) is 13.0 Å². The molecule has 0 aliphatic heterocycles. The molecule has 1 unspecified atom stereocenters. The molecule has 0 saturated carbocycles. The fourth-order valence-electron chi connectivity index (χ4n) is 3.36. The molecule has 2 aromatic heterocycles. The van der Waals surface area contributed by atoms with Crippen molar-refractivity contribution >= 4 is 16.9 Å². The Balaban J connectivity index is 1.80. The highest BCUT2D eigenvalue weighted by molar-refractivity contribution is 5.86. The second-order valence-electron chi connectivity index (χ2n) is 5.67. The number of aromatic nitrogens is 4. The van der Waals surface area contributed by atoms with Crippen LogP contribution in [0.3, 0.4) is 0 Å². The van der Waals surface area contributed by atoms with Crippen LogP contribution in [0.2, 0.25) is 0 Å². The molecule has 0 bridgehead atoms. The third-order valence-corrected chi connectivity index (χ3v) is 4.41. The zero-order valence-corrected chi connectivity index (χ0v) is 12.0. The molecule has 1 atom stereocenters. The predicted molar refractivity (Wildman–Crippen MR) is 81.9 cm³/mol. The molecule has 1 aliphatic carbocycles. The lowest BCUT2D eigenvalue weighted by molar-refractivity contribution is 0.563. The molecule has 5 nitrogen and oxygen atoms in total. The Bertz CT molecular complexity index is 821. The highest BCUT2D eigenvalue weighted by Crippen LogP contribution is 2.35. The molecule has 3 aromatic rings. The molecule has 0 amide bonds. The lowest BCUT2D eigenvalue weighted by Crippen LogP contribution is -2.13. The number of nitrogens with two attached hydrogens (primary N) is 1. The molecule has 1 aliphatic rings. The Morgan fingerprint density at radius 2 is 2.00 bits per heavy atom. The quantitative estimate of drug-likeness (QED) is 0.741. The van der Waals surface area contributed by atoms with Crippen LogP contribution < -0.4 is 5.73 Å². The van der Waals surface area contributed by atoms with Crippen LogP contribution in [0.4, 0.5) is 5.82 Å². The van der Waals surface area contributed by atoms with E-state index in [9.17, 15) is 0 Å². The summed E-state index contributed by atoms with van der Waals surface area (Å²) < 4.78 is 1.81. The van der Waals surface area contributed by atoms with Gasteiger partial charge in [-0.25, -0.2) is 9.97 Å². The maximum atomic E-state index is 5.96. The molecule has 2 heterocycles. The summed E-state index contributed by atoms with van der Waals surface area (Å²) in [6, 6.07) is 8.67. The van der Waals surface area contributed by atoms with Crippen LogP contribution in [0.5, 0.6) is 0 Å². The minimum absolute atomic E-state index is 0.401. The summed E-state index contributed by atoms with van der Waals surface area (Å²) in [4.78, 5) is 8.49. The van der Waals surface area contributed by atoms with Gasteiger partial charge in [-0.05, 0) is 30.4 Å². The second-order valence-corrected chi connectivity index (χ2v) is 5.67. The van der Waals surface area contributed by atoms with E-state index in [1.807, 2.05) is 7.05 Å². The first-order chi connectivity index (χ1) is 10.2. The van der Waals surface area contributed by atoms with Crippen molar-refractivity contribution < 1.29 is 0 Å². The molecule has 0 saturated heterocycles. The van der Waals surface area contributed by atoms with Crippen LogP contribution in [0.25, 0.3) is 11.0 Å². The van der Waals surface area contributed by atoms with Gasteiger partial charge < -0.3 is 5.73 Å². The topological polar surface area (TPSA) is 69.6 Å². The van der Waals surface area contributed by atoms with E-state index in [1.165, 1.54) is 17.5 Å². The van der Waals surface area contributed by atoms with Crippen LogP contribution in [0.1, 0.15) is 29.2 Å². The molecular weight excluding hydrogens is 262 g/mol. The molecular formula is C16H17N5. The first kappa shape index (κ1) is 12.3. The zero-order valence-electron chi connectivity index (χ0n) is 12.0. The van der Waals surface area contributed by atoms with Crippen molar-refractivity contribution in [2.24, 2.45) is 7.05 Å². The molecule has 2 N–H and O–H groups in total. The van der Waals surface area contributed by atoms with E-state index in [0.717, 1.165) is 36.0 Å². The van der Waals surface area contributed by atoms with Crippen molar-refractivity contribution in [3.8, 4) is 0 Å². The van der Waals surface area contributed by atoms with E-state index in [-0.39, 0.29) is 0 Å². The van der Waals surface area contributed by atoms with Crippen LogP contribution in [-0.4, -0.2) is 19.7 Å². The summed E-state index contributed by atoms with van der Waals surface area (Å²) in [6.07, 6.45) is 4.75. The van der Waals surface area contributed by atoms with Gasteiger partial charge in [-0.2, -0.15) is 5.10 Å². The van der Waals surface area contributed by atoms with Crippen LogP contribution in [0.15, 0.2) is 30.6 Å². The number of hydrogen-bond donors (Lipinski definition) is 1. The Morgan fingerprint density at radius 3 is 2.86 bits per heavy atom. The van der Waals surface area contributed by atoms with Crippen LogP contribution >= 0.6 is 0 Å². The summed E-state index contributed by atoms with van der Waals surface area (Å²) >= 11 is 0. The number of rotatable bonds is 1. The van der Waals surface area contributed by atoms with E-state index in [4.69, 9.17) is 5.73 Å². The number of aryl methyl sites for hydroxylation is 2. The van der Waals surface area contributed by atoms with Gasteiger partial charge in [0.15, 0.2) is 5.82 Å². The third-order valence-electron chi connectivity index (χ3n) is 4.41. The summed E-state index contributed by atoms with van der Waals surface area (Å²) in [5, 5.41) is 4.68. The standard InChI is InChI=1S/C16H17N5/c1-21-15-14(18-9-19-16(15)17)13(20-21)12-7-6-10-4-2-3-5-11(10)8-12/h2-5,9,12H,6-8H2,1H3,(H2,17,18,19). The van der Waals surface area contributed by atoms with Gasteiger partial charge in [-0.1, -0.05) is 24.3 Å². The van der Waals surface area contributed by atoms with Gasteiger partial charge in [-0.15, -0.1) is 0 Å². The maximum Gasteiger partial charge on any atom is 0.153 e. The molecule has 4 rings (SSSR count). The third kappa shape index (κ3) is 1.88. The van der Waals surface area contributed by atoms with E-state index in [2.05, 4.69) is 39.3 Å². The number of fused-ring (bicyclic) bond motifs is 2. The lowest BCUT2D eigenvalue weighted by atomic mass is 9.82. The minimum atomic E-state index is 0.401. The fraction of sp³-hybridized carbons (Fsp3) is 0.312. The number of benzene rings is 1. The fourth-order valence-corrected chi connectivity index (χ4v) is 3.36. The summed E-state index contributed by atoms with van der Waals surface area (Å²) in [6.45, 7) is 0. The monoisotopic (exact) mass is 279 g/mol. The Kier molecular flexibility index (Phi) is 2.67. The molecule has 0 radical (unpaired) electrons. The lowest BCUT2D eigenvalue weighted by Gasteiger charge is -2.23.